The minimum atomic E-state index is -0.841. The van der Waals surface area contributed by atoms with Crippen LogP contribution in [0.25, 0.3) is 0 Å². The van der Waals surface area contributed by atoms with Crippen molar-refractivity contribution < 1.29 is 24.5 Å². The number of carbonyl (C=O) groups excluding carboxylic acids is 1. The van der Waals surface area contributed by atoms with Crippen LogP contribution in [0.1, 0.15) is 93.9 Å². The number of carbonyl (C=O) groups is 1. The van der Waals surface area contributed by atoms with Crippen molar-refractivity contribution >= 4 is 5.97 Å². The topological polar surface area (TPSA) is 76.0 Å². The first kappa shape index (κ1) is 27.1. The first-order valence-electron chi connectivity index (χ1n) is 14.4. The number of aliphatic hydroxyl groups is 2. The van der Waals surface area contributed by atoms with Gasteiger partial charge in [0.15, 0.2) is 6.29 Å². The first-order valence-corrected chi connectivity index (χ1v) is 14.4. The van der Waals surface area contributed by atoms with E-state index in [0.29, 0.717) is 5.92 Å². The molecule has 0 saturated heterocycles. The minimum absolute atomic E-state index is 0.000538. The lowest BCUT2D eigenvalue weighted by molar-refractivity contribution is -0.153. The Labute approximate surface area is 223 Å². The van der Waals surface area contributed by atoms with Crippen molar-refractivity contribution in [2.75, 3.05) is 0 Å². The van der Waals surface area contributed by atoms with Crippen LogP contribution in [0.3, 0.4) is 0 Å². The second-order valence-corrected chi connectivity index (χ2v) is 14.2. The normalized spacial score (nSPS) is 47.5. The SMILES string of the molecule is CC(=O)OC1CC(C(C)C2CC=C(C)C(O)O2)C2(C)CC=C3C(=CCC4C3(C)CCC(O)C4(C)C)C12C. The van der Waals surface area contributed by atoms with Gasteiger partial charge in [0, 0.05) is 12.3 Å². The van der Waals surface area contributed by atoms with Crippen LogP contribution in [-0.4, -0.2) is 40.8 Å². The number of hydrogen-bond acceptors (Lipinski definition) is 5. The van der Waals surface area contributed by atoms with E-state index >= 15 is 0 Å². The van der Waals surface area contributed by atoms with Gasteiger partial charge in [-0.05, 0) is 96.2 Å². The average Bonchev–Trinajstić information content (AvgIpc) is 3.05. The highest BCUT2D eigenvalue weighted by molar-refractivity contribution is 5.66. The van der Waals surface area contributed by atoms with Crippen LogP contribution in [0.5, 0.6) is 0 Å². The Morgan fingerprint density at radius 1 is 1.08 bits per heavy atom. The zero-order valence-corrected chi connectivity index (χ0v) is 24.1. The molecule has 5 heteroatoms. The Morgan fingerprint density at radius 3 is 2.43 bits per heavy atom. The third kappa shape index (κ3) is 3.70. The predicted molar refractivity (Wildman–Crippen MR) is 144 cm³/mol. The van der Waals surface area contributed by atoms with Crippen LogP contribution < -0.4 is 0 Å². The molecule has 0 aromatic carbocycles. The van der Waals surface area contributed by atoms with Crippen LogP contribution in [-0.2, 0) is 14.3 Å². The fourth-order valence-electron chi connectivity index (χ4n) is 9.54. The molecule has 1 aliphatic heterocycles. The zero-order chi connectivity index (χ0) is 27.1. The van der Waals surface area contributed by atoms with Crippen molar-refractivity contribution in [3.8, 4) is 0 Å². The number of aliphatic hydroxyl groups excluding tert-OH is 2. The lowest BCUT2D eigenvalue weighted by Crippen LogP contribution is -2.56. The van der Waals surface area contributed by atoms with E-state index < -0.39 is 6.29 Å². The van der Waals surface area contributed by atoms with Gasteiger partial charge < -0.3 is 19.7 Å². The maximum absolute atomic E-state index is 12.4. The molecule has 0 aromatic rings. The van der Waals surface area contributed by atoms with Crippen LogP contribution in [0, 0.1) is 39.4 Å². The summed E-state index contributed by atoms with van der Waals surface area (Å²) >= 11 is 0. The largest absolute Gasteiger partial charge is 0.462 e. The molecule has 206 valence electrons. The van der Waals surface area contributed by atoms with E-state index in [4.69, 9.17) is 9.47 Å². The summed E-state index contributed by atoms with van der Waals surface area (Å²) < 4.78 is 12.3. The number of hydrogen-bond donors (Lipinski definition) is 2. The lowest BCUT2D eigenvalue weighted by atomic mass is 9.44. The molecule has 5 aliphatic rings. The molecule has 10 unspecified atom stereocenters. The van der Waals surface area contributed by atoms with Crippen molar-refractivity contribution in [2.24, 2.45) is 39.4 Å². The molecular weight excluding hydrogens is 464 g/mol. The fourth-order valence-corrected chi connectivity index (χ4v) is 9.54. The molecule has 1 heterocycles. The summed E-state index contributed by atoms with van der Waals surface area (Å²) in [6.45, 7) is 17.3. The van der Waals surface area contributed by atoms with Gasteiger partial charge in [-0.1, -0.05) is 59.8 Å². The van der Waals surface area contributed by atoms with Gasteiger partial charge >= 0.3 is 5.97 Å². The Morgan fingerprint density at radius 2 is 1.78 bits per heavy atom. The summed E-state index contributed by atoms with van der Waals surface area (Å²) in [5, 5.41) is 21.3. The van der Waals surface area contributed by atoms with E-state index in [0.717, 1.165) is 44.1 Å². The van der Waals surface area contributed by atoms with Crippen molar-refractivity contribution in [3.63, 3.8) is 0 Å². The molecule has 4 aliphatic carbocycles. The molecule has 0 spiro atoms. The number of fused-ring (bicyclic) bond motifs is 5. The Hall–Kier alpha value is -1.43. The molecule has 2 saturated carbocycles. The maximum atomic E-state index is 12.4. The number of esters is 1. The smallest absolute Gasteiger partial charge is 0.302 e. The Kier molecular flexibility index (Phi) is 6.45. The quantitative estimate of drug-likeness (QED) is 0.353. The average molecular weight is 513 g/mol. The Bertz CT molecular complexity index is 1050. The standard InChI is InChI=1S/C32H48O5/c1-18-9-11-24(37-28(18)35)19(2)23-17-27(36-20(3)33)32(8)22-10-12-25-29(4,5)26(34)14-15-30(25,6)21(22)13-16-31(23,32)7/h9-10,13,19,23-28,34-35H,11-12,14-17H2,1-8H3. The highest BCUT2D eigenvalue weighted by Crippen LogP contribution is 2.72. The van der Waals surface area contributed by atoms with E-state index in [-0.39, 0.29) is 57.8 Å². The number of ether oxygens (including phenoxy) is 2. The van der Waals surface area contributed by atoms with Gasteiger partial charge in [-0.2, -0.15) is 0 Å². The van der Waals surface area contributed by atoms with Crippen molar-refractivity contribution in [1.29, 1.82) is 0 Å². The van der Waals surface area contributed by atoms with E-state index in [1.54, 1.807) is 0 Å². The lowest BCUT2D eigenvalue weighted by Gasteiger charge is -2.61. The molecular formula is C32H48O5. The second kappa shape index (κ2) is 8.79. The van der Waals surface area contributed by atoms with Gasteiger partial charge in [0.25, 0.3) is 0 Å². The predicted octanol–water partition coefficient (Wildman–Crippen LogP) is 6.10. The molecule has 37 heavy (non-hydrogen) atoms. The van der Waals surface area contributed by atoms with Crippen LogP contribution in [0.2, 0.25) is 0 Å². The van der Waals surface area contributed by atoms with Gasteiger partial charge in [-0.15, -0.1) is 0 Å². The highest BCUT2D eigenvalue weighted by Gasteiger charge is 2.68. The van der Waals surface area contributed by atoms with E-state index in [1.807, 2.05) is 6.92 Å². The maximum Gasteiger partial charge on any atom is 0.302 e. The van der Waals surface area contributed by atoms with Crippen molar-refractivity contribution in [1.82, 2.24) is 0 Å². The van der Waals surface area contributed by atoms with Crippen LogP contribution in [0.4, 0.5) is 0 Å². The summed E-state index contributed by atoms with van der Waals surface area (Å²) in [4.78, 5) is 12.4. The molecule has 0 amide bonds. The second-order valence-electron chi connectivity index (χ2n) is 14.2. The summed E-state index contributed by atoms with van der Waals surface area (Å²) in [7, 11) is 0. The third-order valence-electron chi connectivity index (χ3n) is 12.2. The van der Waals surface area contributed by atoms with Crippen molar-refractivity contribution in [2.45, 2.75) is 119 Å². The Balaban J connectivity index is 1.57. The molecule has 0 aromatic heterocycles. The first-order chi connectivity index (χ1) is 17.2. The van der Waals surface area contributed by atoms with E-state index in [1.165, 1.54) is 18.1 Å². The van der Waals surface area contributed by atoms with Gasteiger partial charge in [-0.3, -0.25) is 4.79 Å². The van der Waals surface area contributed by atoms with E-state index in [2.05, 4.69) is 59.8 Å². The van der Waals surface area contributed by atoms with Gasteiger partial charge in [0.05, 0.1) is 12.2 Å². The summed E-state index contributed by atoms with van der Waals surface area (Å²) in [5.74, 6) is 0.639. The summed E-state index contributed by atoms with van der Waals surface area (Å²) in [6.07, 6.45) is 10.9. The fraction of sp³-hybridized carbons (Fsp3) is 0.781. The molecule has 5 rings (SSSR count). The van der Waals surface area contributed by atoms with Crippen LogP contribution in [0.15, 0.2) is 34.9 Å². The minimum Gasteiger partial charge on any atom is -0.462 e. The number of rotatable bonds is 3. The molecule has 10 atom stereocenters. The molecule has 5 nitrogen and oxygen atoms in total. The van der Waals surface area contributed by atoms with Gasteiger partial charge in [0.2, 0.25) is 0 Å². The monoisotopic (exact) mass is 512 g/mol. The van der Waals surface area contributed by atoms with Crippen LogP contribution >= 0.6 is 0 Å². The molecule has 2 fully saturated rings. The van der Waals surface area contributed by atoms with E-state index in [9.17, 15) is 15.0 Å². The molecule has 2 N–H and O–H groups in total. The van der Waals surface area contributed by atoms with Gasteiger partial charge in [-0.25, -0.2) is 0 Å². The molecule has 0 radical (unpaired) electrons. The van der Waals surface area contributed by atoms with Gasteiger partial charge in [0.1, 0.15) is 6.10 Å². The zero-order valence-electron chi connectivity index (χ0n) is 24.1. The summed E-state index contributed by atoms with van der Waals surface area (Å²) in [5.41, 5.74) is 3.11. The summed E-state index contributed by atoms with van der Waals surface area (Å²) in [6, 6.07) is 0. The highest BCUT2D eigenvalue weighted by atomic mass is 16.6. The molecule has 0 bridgehead atoms. The third-order valence-corrected chi connectivity index (χ3v) is 12.2. The number of allylic oxidation sites excluding steroid dienone is 3. The van der Waals surface area contributed by atoms with Crippen molar-refractivity contribution in [3.05, 3.63) is 34.9 Å².